The first-order valence-corrected chi connectivity index (χ1v) is 3.42. The Bertz CT molecular complexity index is 182. The van der Waals surface area contributed by atoms with Crippen molar-refractivity contribution in [1.29, 1.82) is 5.26 Å². The molecule has 1 aliphatic carbocycles. The van der Waals surface area contributed by atoms with Gasteiger partial charge in [0.05, 0.1) is 12.1 Å². The normalized spacial score (nSPS) is 54.2. The Kier molecular flexibility index (Phi) is 0.758. The molecule has 0 aromatic heterocycles. The zero-order chi connectivity index (χ0) is 6.48. The van der Waals surface area contributed by atoms with E-state index in [1.165, 1.54) is 6.42 Å². The van der Waals surface area contributed by atoms with Crippen LogP contribution in [-0.4, -0.2) is 11.6 Å². The lowest BCUT2D eigenvalue weighted by atomic mass is 10.2. The lowest BCUT2D eigenvalue weighted by Gasteiger charge is -2.07. The van der Waals surface area contributed by atoms with Crippen LogP contribution in [0.2, 0.25) is 0 Å². The SMILES string of the molecule is CC12C[C@H]1C[C@@H](C#N)N2. The zero-order valence-corrected chi connectivity index (χ0v) is 5.52. The van der Waals surface area contributed by atoms with Crippen molar-refractivity contribution in [1.82, 2.24) is 5.32 Å². The predicted molar refractivity (Wildman–Crippen MR) is 33.7 cm³/mol. The molecule has 1 heterocycles. The van der Waals surface area contributed by atoms with Gasteiger partial charge in [-0.05, 0) is 25.7 Å². The van der Waals surface area contributed by atoms with Crippen molar-refractivity contribution in [2.45, 2.75) is 31.3 Å². The topological polar surface area (TPSA) is 35.8 Å². The summed E-state index contributed by atoms with van der Waals surface area (Å²) >= 11 is 0. The molecule has 1 saturated heterocycles. The van der Waals surface area contributed by atoms with Gasteiger partial charge in [-0.3, -0.25) is 5.32 Å². The van der Waals surface area contributed by atoms with Crippen LogP contribution in [0, 0.1) is 17.2 Å². The second-order valence-corrected chi connectivity index (χ2v) is 3.38. The summed E-state index contributed by atoms with van der Waals surface area (Å²) < 4.78 is 0. The fourth-order valence-corrected chi connectivity index (χ4v) is 1.80. The highest BCUT2D eigenvalue weighted by Crippen LogP contribution is 2.50. The summed E-state index contributed by atoms with van der Waals surface area (Å²) in [7, 11) is 0. The molecule has 9 heavy (non-hydrogen) atoms. The van der Waals surface area contributed by atoms with Gasteiger partial charge in [0.1, 0.15) is 0 Å². The Balaban J connectivity index is 2.08. The number of piperidine rings is 1. The summed E-state index contributed by atoms with van der Waals surface area (Å²) in [5, 5.41) is 11.8. The number of hydrogen-bond donors (Lipinski definition) is 1. The van der Waals surface area contributed by atoms with Gasteiger partial charge >= 0.3 is 0 Å². The van der Waals surface area contributed by atoms with Gasteiger partial charge in [0.15, 0.2) is 0 Å². The van der Waals surface area contributed by atoms with E-state index in [0.717, 1.165) is 12.3 Å². The van der Waals surface area contributed by atoms with Gasteiger partial charge in [0, 0.05) is 5.54 Å². The number of fused-ring (bicyclic) bond motifs is 1. The smallest absolute Gasteiger partial charge is 0.0960 e. The van der Waals surface area contributed by atoms with Crippen LogP contribution in [0.25, 0.3) is 0 Å². The van der Waals surface area contributed by atoms with E-state index in [4.69, 9.17) is 5.26 Å². The predicted octanol–water partition coefficient (Wildman–Crippen LogP) is 0.650. The molecule has 3 atom stereocenters. The molecule has 0 amide bonds. The minimum atomic E-state index is 0.147. The van der Waals surface area contributed by atoms with Gasteiger partial charge in [-0.1, -0.05) is 0 Å². The van der Waals surface area contributed by atoms with Crippen molar-refractivity contribution < 1.29 is 0 Å². The van der Waals surface area contributed by atoms with Crippen LogP contribution in [0.5, 0.6) is 0 Å². The summed E-state index contributed by atoms with van der Waals surface area (Å²) in [6, 6.07) is 2.39. The second-order valence-electron chi connectivity index (χ2n) is 3.38. The molecule has 0 aromatic carbocycles. The van der Waals surface area contributed by atoms with Crippen molar-refractivity contribution in [3.05, 3.63) is 0 Å². The average Bonchev–Trinajstić information content (AvgIpc) is 2.33. The second kappa shape index (κ2) is 1.30. The summed E-state index contributed by atoms with van der Waals surface area (Å²) in [5.41, 5.74) is 0.362. The first kappa shape index (κ1) is 5.25. The van der Waals surface area contributed by atoms with Gasteiger partial charge in [-0.15, -0.1) is 0 Å². The minimum Gasteiger partial charge on any atom is -0.296 e. The first-order chi connectivity index (χ1) is 4.24. The first-order valence-electron chi connectivity index (χ1n) is 3.42. The molecule has 0 radical (unpaired) electrons. The average molecular weight is 122 g/mol. The number of hydrogen-bond acceptors (Lipinski definition) is 2. The maximum atomic E-state index is 8.51. The molecule has 2 fully saturated rings. The number of nitrogens with one attached hydrogen (secondary N) is 1. The van der Waals surface area contributed by atoms with Gasteiger partial charge in [-0.2, -0.15) is 5.26 Å². The number of nitriles is 1. The maximum absolute atomic E-state index is 8.51. The Morgan fingerprint density at radius 2 is 2.56 bits per heavy atom. The molecule has 1 saturated carbocycles. The highest BCUT2D eigenvalue weighted by atomic mass is 15.1. The molecule has 0 bridgehead atoms. The Hall–Kier alpha value is -0.550. The molecule has 2 rings (SSSR count). The van der Waals surface area contributed by atoms with Crippen molar-refractivity contribution in [2.75, 3.05) is 0 Å². The lowest BCUT2D eigenvalue weighted by Crippen LogP contribution is -2.31. The Morgan fingerprint density at radius 1 is 1.78 bits per heavy atom. The molecule has 2 aliphatic rings. The lowest BCUT2D eigenvalue weighted by molar-refractivity contribution is 0.555. The van der Waals surface area contributed by atoms with Gasteiger partial charge in [-0.25, -0.2) is 0 Å². The van der Waals surface area contributed by atoms with E-state index in [9.17, 15) is 0 Å². The molecule has 1 aliphatic heterocycles. The van der Waals surface area contributed by atoms with Crippen LogP contribution in [0.1, 0.15) is 19.8 Å². The Morgan fingerprint density at radius 3 is 2.89 bits per heavy atom. The van der Waals surface area contributed by atoms with Gasteiger partial charge in [0.2, 0.25) is 0 Å². The van der Waals surface area contributed by atoms with Crippen LogP contribution in [0.15, 0.2) is 0 Å². The monoisotopic (exact) mass is 122 g/mol. The fourth-order valence-electron chi connectivity index (χ4n) is 1.80. The third-order valence-electron chi connectivity index (χ3n) is 2.59. The van der Waals surface area contributed by atoms with E-state index in [0.29, 0.717) is 5.54 Å². The Labute approximate surface area is 54.9 Å². The fraction of sp³-hybridized carbons (Fsp3) is 0.857. The van der Waals surface area contributed by atoms with E-state index in [1.807, 2.05) is 0 Å². The van der Waals surface area contributed by atoms with Crippen LogP contribution in [0.3, 0.4) is 0 Å². The van der Waals surface area contributed by atoms with Crippen molar-refractivity contribution in [2.24, 2.45) is 5.92 Å². The zero-order valence-electron chi connectivity index (χ0n) is 5.52. The molecule has 48 valence electrons. The largest absolute Gasteiger partial charge is 0.296 e. The van der Waals surface area contributed by atoms with E-state index >= 15 is 0 Å². The highest BCUT2D eigenvalue weighted by molar-refractivity contribution is 5.18. The van der Waals surface area contributed by atoms with Gasteiger partial charge < -0.3 is 0 Å². The summed E-state index contributed by atoms with van der Waals surface area (Å²) in [6.45, 7) is 2.20. The molecular weight excluding hydrogens is 112 g/mol. The third kappa shape index (κ3) is 0.585. The summed E-state index contributed by atoms with van der Waals surface area (Å²) in [4.78, 5) is 0. The molecule has 2 nitrogen and oxygen atoms in total. The van der Waals surface area contributed by atoms with Crippen LogP contribution >= 0.6 is 0 Å². The maximum Gasteiger partial charge on any atom is 0.0960 e. The quantitative estimate of drug-likeness (QED) is 0.512. The summed E-state index contributed by atoms with van der Waals surface area (Å²) in [5.74, 6) is 0.808. The van der Waals surface area contributed by atoms with E-state index in [2.05, 4.69) is 18.3 Å². The molecule has 0 aromatic rings. The van der Waals surface area contributed by atoms with Crippen molar-refractivity contribution in [3.8, 4) is 6.07 Å². The standard InChI is InChI=1S/C7H10N2/c1-7-3-5(7)2-6(4-8)9-7/h5-6,9H,2-3H2,1H3/t5-,6+,7?/m1/s1. The van der Waals surface area contributed by atoms with Crippen molar-refractivity contribution >= 4 is 0 Å². The molecule has 1 N–H and O–H groups in total. The van der Waals surface area contributed by atoms with Crippen molar-refractivity contribution in [3.63, 3.8) is 0 Å². The van der Waals surface area contributed by atoms with Crippen LogP contribution in [-0.2, 0) is 0 Å². The number of nitrogens with zero attached hydrogens (tertiary/aromatic N) is 1. The summed E-state index contributed by atoms with van der Waals surface area (Å²) in [6.07, 6.45) is 2.36. The molecule has 2 heteroatoms. The minimum absolute atomic E-state index is 0.147. The molecule has 0 spiro atoms. The third-order valence-corrected chi connectivity index (χ3v) is 2.59. The van der Waals surface area contributed by atoms with E-state index in [-0.39, 0.29) is 6.04 Å². The number of rotatable bonds is 0. The highest BCUT2D eigenvalue weighted by Gasteiger charge is 2.56. The van der Waals surface area contributed by atoms with E-state index < -0.39 is 0 Å². The van der Waals surface area contributed by atoms with Crippen LogP contribution < -0.4 is 5.32 Å². The molecular formula is C7H10N2. The van der Waals surface area contributed by atoms with Gasteiger partial charge in [0.25, 0.3) is 0 Å². The van der Waals surface area contributed by atoms with E-state index in [1.54, 1.807) is 0 Å². The van der Waals surface area contributed by atoms with Crippen LogP contribution in [0.4, 0.5) is 0 Å². The molecule has 1 unspecified atom stereocenters.